The number of halogens is 1. The second-order valence-corrected chi connectivity index (χ2v) is 4.76. The number of hydrogen-bond acceptors (Lipinski definition) is 3. The summed E-state index contributed by atoms with van der Waals surface area (Å²) in [6, 6.07) is 4.27. The maximum Gasteiger partial charge on any atom is 0.129 e. The number of rotatable bonds is 2. The Morgan fingerprint density at radius 2 is 2.37 bits per heavy atom. The number of fused-ring (bicyclic) bond motifs is 1. The van der Waals surface area contributed by atoms with Crippen molar-refractivity contribution in [1.29, 1.82) is 0 Å². The van der Waals surface area contributed by atoms with Gasteiger partial charge in [-0.2, -0.15) is 5.10 Å². The number of hydrogen-bond donors (Lipinski definition) is 1. The first-order valence-corrected chi connectivity index (χ1v) is 6.41. The first-order chi connectivity index (χ1) is 9.17. The predicted molar refractivity (Wildman–Crippen MR) is 69.2 cm³/mol. The van der Waals surface area contributed by atoms with Crippen molar-refractivity contribution in [3.05, 3.63) is 47.5 Å². The maximum absolute atomic E-state index is 13.2. The fourth-order valence-electron chi connectivity index (χ4n) is 2.40. The molecule has 5 heteroatoms. The van der Waals surface area contributed by atoms with Crippen molar-refractivity contribution in [2.24, 2.45) is 5.73 Å². The van der Waals surface area contributed by atoms with Crippen LogP contribution in [-0.4, -0.2) is 9.78 Å². The van der Waals surface area contributed by atoms with E-state index in [9.17, 15) is 4.39 Å². The molecule has 0 fully saturated rings. The highest BCUT2D eigenvalue weighted by Crippen LogP contribution is 2.39. The van der Waals surface area contributed by atoms with E-state index in [4.69, 9.17) is 10.5 Å². The largest absolute Gasteiger partial charge is 0.485 e. The molecule has 19 heavy (non-hydrogen) atoms. The summed E-state index contributed by atoms with van der Waals surface area (Å²) in [5.41, 5.74) is 7.85. The fraction of sp³-hybridized carbons (Fsp3) is 0.357. The summed E-state index contributed by atoms with van der Waals surface area (Å²) >= 11 is 0. The molecule has 1 aromatic carbocycles. The molecule has 0 amide bonds. The second kappa shape index (κ2) is 4.66. The van der Waals surface area contributed by atoms with Crippen LogP contribution in [0.3, 0.4) is 0 Å². The van der Waals surface area contributed by atoms with Crippen molar-refractivity contribution in [2.45, 2.75) is 32.0 Å². The van der Waals surface area contributed by atoms with Crippen LogP contribution in [0.5, 0.6) is 5.75 Å². The maximum atomic E-state index is 13.2. The monoisotopic (exact) mass is 261 g/mol. The van der Waals surface area contributed by atoms with E-state index in [1.807, 2.05) is 17.8 Å². The third-order valence-electron chi connectivity index (χ3n) is 3.46. The van der Waals surface area contributed by atoms with Gasteiger partial charge in [0, 0.05) is 36.3 Å². The molecule has 0 aliphatic carbocycles. The minimum atomic E-state index is -0.282. The lowest BCUT2D eigenvalue weighted by atomic mass is 9.95. The molecule has 1 aliphatic rings. The van der Waals surface area contributed by atoms with Gasteiger partial charge in [0.25, 0.3) is 0 Å². The van der Waals surface area contributed by atoms with Crippen molar-refractivity contribution in [3.8, 4) is 5.75 Å². The molecule has 2 N–H and O–H groups in total. The van der Waals surface area contributed by atoms with E-state index in [2.05, 4.69) is 5.10 Å². The molecule has 2 aromatic rings. The van der Waals surface area contributed by atoms with Gasteiger partial charge in [-0.25, -0.2) is 4.39 Å². The summed E-state index contributed by atoms with van der Waals surface area (Å²) < 4.78 is 21.0. The van der Waals surface area contributed by atoms with E-state index in [-0.39, 0.29) is 18.0 Å². The number of aromatic nitrogens is 2. The van der Waals surface area contributed by atoms with Gasteiger partial charge in [0.1, 0.15) is 17.7 Å². The lowest BCUT2D eigenvalue weighted by Crippen LogP contribution is -2.24. The quantitative estimate of drug-likeness (QED) is 0.904. The average Bonchev–Trinajstić information content (AvgIpc) is 2.88. The average molecular weight is 261 g/mol. The number of benzene rings is 1. The van der Waals surface area contributed by atoms with Crippen LogP contribution in [0, 0.1) is 5.82 Å². The molecule has 1 aromatic heterocycles. The molecule has 100 valence electrons. The zero-order chi connectivity index (χ0) is 13.4. The predicted octanol–water partition coefficient (Wildman–Crippen LogP) is 2.57. The first kappa shape index (κ1) is 12.2. The Morgan fingerprint density at radius 3 is 3.11 bits per heavy atom. The van der Waals surface area contributed by atoms with Crippen LogP contribution < -0.4 is 10.5 Å². The third-order valence-corrected chi connectivity index (χ3v) is 3.46. The van der Waals surface area contributed by atoms with E-state index < -0.39 is 0 Å². The second-order valence-electron chi connectivity index (χ2n) is 4.76. The highest BCUT2D eigenvalue weighted by atomic mass is 19.1. The van der Waals surface area contributed by atoms with Crippen LogP contribution in [0.15, 0.2) is 30.6 Å². The van der Waals surface area contributed by atoms with Crippen LogP contribution in [-0.2, 0) is 6.54 Å². The standard InChI is InChI=1S/C14H16FN3O/c1-2-18-8-9(7-17-18)14-6-12(16)11-5-10(15)3-4-13(11)19-14/h3-5,7-8,12,14H,2,6,16H2,1H3/t12-,14?/m0/s1. The van der Waals surface area contributed by atoms with Crippen molar-refractivity contribution >= 4 is 0 Å². The molecule has 0 saturated heterocycles. The summed E-state index contributed by atoms with van der Waals surface area (Å²) in [5.74, 6) is 0.379. The van der Waals surface area contributed by atoms with Crippen LogP contribution in [0.1, 0.15) is 36.6 Å². The van der Waals surface area contributed by atoms with Gasteiger partial charge in [0.15, 0.2) is 0 Å². The van der Waals surface area contributed by atoms with Gasteiger partial charge in [-0.15, -0.1) is 0 Å². The minimum Gasteiger partial charge on any atom is -0.485 e. The summed E-state index contributed by atoms with van der Waals surface area (Å²) in [6.45, 7) is 2.85. The Hall–Kier alpha value is -1.88. The molecule has 0 saturated carbocycles. The number of nitrogens with two attached hydrogens (primary N) is 1. The van der Waals surface area contributed by atoms with Gasteiger partial charge in [-0.1, -0.05) is 0 Å². The third kappa shape index (κ3) is 2.21. The smallest absolute Gasteiger partial charge is 0.129 e. The Labute approximate surface area is 111 Å². The molecule has 0 bridgehead atoms. The van der Waals surface area contributed by atoms with E-state index in [1.54, 1.807) is 12.3 Å². The molecule has 1 aliphatic heterocycles. The number of nitrogens with zero attached hydrogens (tertiary/aromatic N) is 2. The molecule has 0 spiro atoms. The molecule has 2 atom stereocenters. The van der Waals surface area contributed by atoms with Crippen molar-refractivity contribution < 1.29 is 9.13 Å². The zero-order valence-corrected chi connectivity index (χ0v) is 10.7. The molecule has 2 heterocycles. The zero-order valence-electron chi connectivity index (χ0n) is 10.7. The molecule has 1 unspecified atom stereocenters. The highest BCUT2D eigenvalue weighted by Gasteiger charge is 2.28. The first-order valence-electron chi connectivity index (χ1n) is 6.41. The van der Waals surface area contributed by atoms with E-state index in [0.717, 1.165) is 17.7 Å². The molecule has 3 rings (SSSR count). The Bertz CT molecular complexity index is 596. The summed E-state index contributed by atoms with van der Waals surface area (Å²) in [5, 5.41) is 4.24. The summed E-state index contributed by atoms with van der Waals surface area (Å²) in [6.07, 6.45) is 4.28. The van der Waals surface area contributed by atoms with E-state index in [1.165, 1.54) is 12.1 Å². The highest BCUT2D eigenvalue weighted by molar-refractivity contribution is 5.39. The van der Waals surface area contributed by atoms with Gasteiger partial charge in [-0.3, -0.25) is 4.68 Å². The van der Waals surface area contributed by atoms with Crippen LogP contribution in [0.2, 0.25) is 0 Å². The van der Waals surface area contributed by atoms with Crippen LogP contribution >= 0.6 is 0 Å². The minimum absolute atomic E-state index is 0.117. The Morgan fingerprint density at radius 1 is 1.53 bits per heavy atom. The summed E-state index contributed by atoms with van der Waals surface area (Å²) in [7, 11) is 0. The molecule has 4 nitrogen and oxygen atoms in total. The normalized spacial score (nSPS) is 21.8. The van der Waals surface area contributed by atoms with Gasteiger partial charge in [0.2, 0.25) is 0 Å². The Balaban J connectivity index is 1.90. The van der Waals surface area contributed by atoms with Gasteiger partial charge in [0.05, 0.1) is 6.20 Å². The SMILES string of the molecule is CCn1cc(C2C[C@H](N)c3cc(F)ccc3O2)cn1. The molecular formula is C14H16FN3O. The lowest BCUT2D eigenvalue weighted by molar-refractivity contribution is 0.161. The summed E-state index contributed by atoms with van der Waals surface area (Å²) in [4.78, 5) is 0. The van der Waals surface area contributed by atoms with Gasteiger partial charge >= 0.3 is 0 Å². The van der Waals surface area contributed by atoms with E-state index in [0.29, 0.717) is 12.2 Å². The Kier molecular flexibility index (Phi) is 2.98. The molecule has 0 radical (unpaired) electrons. The molecular weight excluding hydrogens is 245 g/mol. The lowest BCUT2D eigenvalue weighted by Gasteiger charge is -2.29. The van der Waals surface area contributed by atoms with Crippen molar-refractivity contribution in [3.63, 3.8) is 0 Å². The van der Waals surface area contributed by atoms with Gasteiger partial charge in [-0.05, 0) is 25.1 Å². The van der Waals surface area contributed by atoms with Gasteiger partial charge < -0.3 is 10.5 Å². The van der Waals surface area contributed by atoms with Crippen LogP contribution in [0.4, 0.5) is 4.39 Å². The van der Waals surface area contributed by atoms with Crippen LogP contribution in [0.25, 0.3) is 0 Å². The van der Waals surface area contributed by atoms with Crippen molar-refractivity contribution in [2.75, 3.05) is 0 Å². The topological polar surface area (TPSA) is 53.1 Å². The van der Waals surface area contributed by atoms with Crippen molar-refractivity contribution in [1.82, 2.24) is 9.78 Å². The van der Waals surface area contributed by atoms with E-state index >= 15 is 0 Å². The fourth-order valence-corrected chi connectivity index (χ4v) is 2.40. The number of ether oxygens (including phenoxy) is 1. The number of aryl methyl sites for hydroxylation is 1.